The van der Waals surface area contributed by atoms with Crippen molar-refractivity contribution in [3.63, 3.8) is 0 Å². The van der Waals surface area contributed by atoms with Crippen molar-refractivity contribution in [2.75, 3.05) is 11.4 Å². The Morgan fingerprint density at radius 1 is 1.06 bits per heavy atom. The Morgan fingerprint density at radius 2 is 1.88 bits per heavy atom. The maximum Gasteiger partial charge on any atom is 0.259 e. The molecule has 0 atom stereocenters. The van der Waals surface area contributed by atoms with Gasteiger partial charge < -0.3 is 0 Å². The summed E-state index contributed by atoms with van der Waals surface area (Å²) in [4.78, 5) is 18.3. The van der Waals surface area contributed by atoms with Crippen molar-refractivity contribution in [1.29, 1.82) is 0 Å². The molecule has 0 radical (unpaired) electrons. The van der Waals surface area contributed by atoms with Crippen molar-refractivity contribution in [1.82, 2.24) is 4.98 Å². The molecule has 0 spiro atoms. The average molecular weight is 224 g/mol. The number of anilines is 1. The van der Waals surface area contributed by atoms with Crippen LogP contribution in [0.25, 0.3) is 0 Å². The number of hydrogen-bond donors (Lipinski definition) is 0. The van der Waals surface area contributed by atoms with Gasteiger partial charge in [-0.05, 0) is 30.2 Å². The molecule has 0 N–H and O–H groups in total. The van der Waals surface area contributed by atoms with Crippen molar-refractivity contribution >= 4 is 11.7 Å². The molecule has 1 aromatic carbocycles. The molecular formula is C14H12N2O. The predicted molar refractivity (Wildman–Crippen MR) is 66.1 cm³/mol. The van der Waals surface area contributed by atoms with Gasteiger partial charge in [0, 0.05) is 18.3 Å². The van der Waals surface area contributed by atoms with Gasteiger partial charge in [-0.2, -0.15) is 0 Å². The molecule has 84 valence electrons. The van der Waals surface area contributed by atoms with E-state index in [0.29, 0.717) is 6.54 Å². The monoisotopic (exact) mass is 224 g/mol. The predicted octanol–water partition coefficient (Wildman–Crippen LogP) is 2.28. The first-order valence-electron chi connectivity index (χ1n) is 5.67. The summed E-state index contributed by atoms with van der Waals surface area (Å²) in [5.41, 5.74) is 1.93. The minimum atomic E-state index is 0.0468. The molecule has 3 heteroatoms. The van der Waals surface area contributed by atoms with Gasteiger partial charge in [-0.1, -0.05) is 24.3 Å². The van der Waals surface area contributed by atoms with Crippen molar-refractivity contribution in [3.8, 4) is 0 Å². The first-order valence-corrected chi connectivity index (χ1v) is 5.67. The number of pyridine rings is 1. The number of amides is 1. The lowest BCUT2D eigenvalue weighted by Crippen LogP contribution is -2.38. The Morgan fingerprint density at radius 3 is 2.71 bits per heavy atom. The normalized spacial score (nSPS) is 14.6. The largest absolute Gasteiger partial charge is 0.292 e. The number of nitrogens with zero attached hydrogens (tertiary/aromatic N) is 2. The molecule has 1 amide bonds. The van der Waals surface area contributed by atoms with Crippen LogP contribution in [0.2, 0.25) is 0 Å². The summed E-state index contributed by atoms with van der Waals surface area (Å²) in [6, 6.07) is 13.4. The SMILES string of the molecule is O=C1c2ccccc2CCN1c1ccccn1. The van der Waals surface area contributed by atoms with E-state index in [1.54, 1.807) is 11.1 Å². The van der Waals surface area contributed by atoms with Crippen LogP contribution in [0.4, 0.5) is 5.82 Å². The molecule has 1 aromatic heterocycles. The van der Waals surface area contributed by atoms with E-state index in [1.807, 2.05) is 42.5 Å². The highest BCUT2D eigenvalue weighted by Crippen LogP contribution is 2.22. The highest BCUT2D eigenvalue weighted by molar-refractivity contribution is 6.07. The molecule has 0 unspecified atom stereocenters. The number of benzene rings is 1. The summed E-state index contributed by atoms with van der Waals surface area (Å²) in [5, 5.41) is 0. The molecule has 0 fully saturated rings. The third kappa shape index (κ3) is 1.69. The second-order valence-electron chi connectivity index (χ2n) is 4.05. The van der Waals surface area contributed by atoms with E-state index >= 15 is 0 Å². The Kier molecular flexibility index (Phi) is 2.37. The lowest BCUT2D eigenvalue weighted by Gasteiger charge is -2.27. The summed E-state index contributed by atoms with van der Waals surface area (Å²) < 4.78 is 0. The van der Waals surface area contributed by atoms with Gasteiger partial charge in [-0.15, -0.1) is 0 Å². The highest BCUT2D eigenvalue weighted by Gasteiger charge is 2.25. The van der Waals surface area contributed by atoms with Crippen LogP contribution in [-0.2, 0) is 6.42 Å². The molecule has 0 saturated carbocycles. The van der Waals surface area contributed by atoms with Crippen LogP contribution in [0.15, 0.2) is 48.7 Å². The average Bonchev–Trinajstić information content (AvgIpc) is 2.40. The van der Waals surface area contributed by atoms with Gasteiger partial charge in [0.1, 0.15) is 5.82 Å². The fraction of sp³-hybridized carbons (Fsp3) is 0.143. The zero-order chi connectivity index (χ0) is 11.7. The van der Waals surface area contributed by atoms with Gasteiger partial charge in [0.2, 0.25) is 0 Å². The smallest absolute Gasteiger partial charge is 0.259 e. The fourth-order valence-electron chi connectivity index (χ4n) is 2.16. The van der Waals surface area contributed by atoms with Crippen molar-refractivity contribution in [2.45, 2.75) is 6.42 Å². The molecule has 1 aliphatic rings. The summed E-state index contributed by atoms with van der Waals surface area (Å²) in [7, 11) is 0. The van der Waals surface area contributed by atoms with Crippen molar-refractivity contribution < 1.29 is 4.79 Å². The summed E-state index contributed by atoms with van der Waals surface area (Å²) >= 11 is 0. The van der Waals surface area contributed by atoms with Crippen LogP contribution >= 0.6 is 0 Å². The lowest BCUT2D eigenvalue weighted by molar-refractivity contribution is 0.0980. The second kappa shape index (κ2) is 4.01. The summed E-state index contributed by atoms with van der Waals surface area (Å²) in [6.45, 7) is 0.701. The Bertz CT molecular complexity index is 551. The zero-order valence-electron chi connectivity index (χ0n) is 9.34. The van der Waals surface area contributed by atoms with Crippen LogP contribution in [0.1, 0.15) is 15.9 Å². The van der Waals surface area contributed by atoms with Crippen LogP contribution < -0.4 is 4.90 Å². The topological polar surface area (TPSA) is 33.2 Å². The molecule has 0 bridgehead atoms. The van der Waals surface area contributed by atoms with Crippen LogP contribution in [0.3, 0.4) is 0 Å². The van der Waals surface area contributed by atoms with E-state index in [2.05, 4.69) is 4.98 Å². The van der Waals surface area contributed by atoms with Gasteiger partial charge in [0.25, 0.3) is 5.91 Å². The first-order chi connectivity index (χ1) is 8.36. The van der Waals surface area contributed by atoms with Gasteiger partial charge in [-0.3, -0.25) is 9.69 Å². The molecule has 2 heterocycles. The number of carbonyl (C=O) groups excluding carboxylic acids is 1. The van der Waals surface area contributed by atoms with E-state index in [9.17, 15) is 4.79 Å². The molecule has 1 aliphatic heterocycles. The Hall–Kier alpha value is -2.16. The maximum atomic E-state index is 12.3. The van der Waals surface area contributed by atoms with E-state index < -0.39 is 0 Å². The first kappa shape index (κ1) is 10.0. The summed E-state index contributed by atoms with van der Waals surface area (Å²) in [5.74, 6) is 0.776. The van der Waals surface area contributed by atoms with Crippen LogP contribution in [0, 0.1) is 0 Å². The number of carbonyl (C=O) groups is 1. The molecule has 0 saturated heterocycles. The molecular weight excluding hydrogens is 212 g/mol. The number of aromatic nitrogens is 1. The van der Waals surface area contributed by atoms with E-state index in [-0.39, 0.29) is 5.91 Å². The minimum Gasteiger partial charge on any atom is -0.292 e. The third-order valence-electron chi connectivity index (χ3n) is 3.02. The maximum absolute atomic E-state index is 12.3. The van der Waals surface area contributed by atoms with Crippen molar-refractivity contribution in [2.24, 2.45) is 0 Å². The van der Waals surface area contributed by atoms with E-state index in [1.165, 1.54) is 0 Å². The van der Waals surface area contributed by atoms with Crippen LogP contribution in [-0.4, -0.2) is 17.4 Å². The minimum absolute atomic E-state index is 0.0468. The number of hydrogen-bond acceptors (Lipinski definition) is 2. The van der Waals surface area contributed by atoms with Gasteiger partial charge >= 0.3 is 0 Å². The fourth-order valence-corrected chi connectivity index (χ4v) is 2.16. The quantitative estimate of drug-likeness (QED) is 0.744. The van der Waals surface area contributed by atoms with Gasteiger partial charge in [0.15, 0.2) is 0 Å². The van der Waals surface area contributed by atoms with Crippen LogP contribution in [0.5, 0.6) is 0 Å². The number of fused-ring (bicyclic) bond motifs is 1. The highest BCUT2D eigenvalue weighted by atomic mass is 16.2. The Labute approximate surface area is 99.7 Å². The third-order valence-corrected chi connectivity index (χ3v) is 3.02. The van der Waals surface area contributed by atoms with E-state index in [0.717, 1.165) is 23.4 Å². The van der Waals surface area contributed by atoms with Gasteiger partial charge in [-0.25, -0.2) is 4.98 Å². The molecule has 3 nitrogen and oxygen atoms in total. The van der Waals surface area contributed by atoms with E-state index in [4.69, 9.17) is 0 Å². The van der Waals surface area contributed by atoms with Crippen molar-refractivity contribution in [3.05, 3.63) is 59.8 Å². The summed E-state index contributed by atoms with van der Waals surface area (Å²) in [6.07, 6.45) is 2.60. The standard InChI is InChI=1S/C14H12N2O/c17-14-12-6-2-1-5-11(12)8-10-16(14)13-7-3-4-9-15-13/h1-7,9H,8,10H2. The molecule has 0 aliphatic carbocycles. The molecule has 3 rings (SSSR count). The Balaban J connectivity index is 2.00. The second-order valence-corrected chi connectivity index (χ2v) is 4.05. The zero-order valence-corrected chi connectivity index (χ0v) is 9.34. The number of rotatable bonds is 1. The van der Waals surface area contributed by atoms with Gasteiger partial charge in [0.05, 0.1) is 0 Å². The molecule has 17 heavy (non-hydrogen) atoms. The lowest BCUT2D eigenvalue weighted by atomic mass is 9.99. The molecule has 2 aromatic rings.